The first-order chi connectivity index (χ1) is 13.4. The van der Waals surface area contributed by atoms with Crippen LogP contribution < -0.4 is 19.5 Å². The van der Waals surface area contributed by atoms with Gasteiger partial charge in [-0.2, -0.15) is 5.10 Å². The molecule has 0 bridgehead atoms. The van der Waals surface area contributed by atoms with Crippen molar-refractivity contribution in [1.82, 2.24) is 14.8 Å². The molecule has 28 heavy (non-hydrogen) atoms. The van der Waals surface area contributed by atoms with Gasteiger partial charge in [0.05, 0.1) is 38.8 Å². The molecule has 2 heterocycles. The first-order valence-electron chi connectivity index (χ1n) is 8.47. The van der Waals surface area contributed by atoms with Crippen LogP contribution >= 0.6 is 11.3 Å². The van der Waals surface area contributed by atoms with Gasteiger partial charge in [0.1, 0.15) is 9.88 Å². The number of anilines is 1. The highest BCUT2D eigenvalue weighted by Crippen LogP contribution is 2.40. The molecular weight excluding hydrogens is 380 g/mol. The Morgan fingerprint density at radius 3 is 2.25 bits per heavy atom. The molecule has 3 rings (SSSR count). The minimum Gasteiger partial charge on any atom is -0.493 e. The lowest BCUT2D eigenvalue weighted by atomic mass is 10.2. The second kappa shape index (κ2) is 7.89. The Morgan fingerprint density at radius 2 is 1.75 bits per heavy atom. The highest BCUT2D eigenvalue weighted by atomic mass is 32.1. The SMILES string of the molecule is COc1cc(NC(=O)c2cnc(-c3c(C)nn(C)c3C)s2)cc(OC)c1OC. The first kappa shape index (κ1) is 19.7. The number of nitrogens with zero attached hydrogens (tertiary/aromatic N) is 3. The molecule has 8 nitrogen and oxygen atoms in total. The molecular formula is C19H22N4O4S. The third kappa shape index (κ3) is 3.53. The van der Waals surface area contributed by atoms with Crippen molar-refractivity contribution in [3.8, 4) is 27.8 Å². The minimum absolute atomic E-state index is 0.266. The standard InChI is InChI=1S/C19H22N4O4S/c1-10-16(11(2)23(3)22-10)19-20-9-15(28-19)18(24)21-12-7-13(25-4)17(27-6)14(8-12)26-5/h7-9H,1-6H3,(H,21,24). The van der Waals surface area contributed by atoms with E-state index in [2.05, 4.69) is 15.4 Å². The summed E-state index contributed by atoms with van der Waals surface area (Å²) < 4.78 is 17.8. The molecule has 0 aliphatic heterocycles. The van der Waals surface area contributed by atoms with Crippen molar-refractivity contribution >= 4 is 22.9 Å². The number of methoxy groups -OCH3 is 3. The number of hydrogen-bond acceptors (Lipinski definition) is 7. The zero-order chi connectivity index (χ0) is 20.4. The molecule has 1 aromatic carbocycles. The van der Waals surface area contributed by atoms with Crippen LogP contribution in [0.3, 0.4) is 0 Å². The molecule has 0 aliphatic rings. The quantitative estimate of drug-likeness (QED) is 0.680. The lowest BCUT2D eigenvalue weighted by Gasteiger charge is -2.14. The van der Waals surface area contributed by atoms with Crippen LogP contribution in [0.2, 0.25) is 0 Å². The molecule has 2 aromatic heterocycles. The Balaban J connectivity index is 1.87. The summed E-state index contributed by atoms with van der Waals surface area (Å²) in [6, 6.07) is 3.35. The van der Waals surface area contributed by atoms with E-state index in [1.165, 1.54) is 32.7 Å². The lowest BCUT2D eigenvalue weighted by molar-refractivity contribution is 0.103. The summed E-state index contributed by atoms with van der Waals surface area (Å²) in [5, 5.41) is 8.02. The van der Waals surface area contributed by atoms with Crippen molar-refractivity contribution in [3.63, 3.8) is 0 Å². The van der Waals surface area contributed by atoms with Crippen molar-refractivity contribution in [2.75, 3.05) is 26.6 Å². The van der Waals surface area contributed by atoms with E-state index in [1.54, 1.807) is 18.3 Å². The van der Waals surface area contributed by atoms with Gasteiger partial charge in [-0.1, -0.05) is 0 Å². The second-order valence-electron chi connectivity index (χ2n) is 6.07. The van der Waals surface area contributed by atoms with Gasteiger partial charge in [0.25, 0.3) is 5.91 Å². The van der Waals surface area contributed by atoms with E-state index >= 15 is 0 Å². The van der Waals surface area contributed by atoms with Crippen molar-refractivity contribution in [2.45, 2.75) is 13.8 Å². The van der Waals surface area contributed by atoms with Crippen LogP contribution in [-0.4, -0.2) is 42.0 Å². The second-order valence-corrected chi connectivity index (χ2v) is 7.10. The molecule has 0 saturated carbocycles. The zero-order valence-corrected chi connectivity index (χ0v) is 17.4. The number of ether oxygens (including phenoxy) is 3. The maximum Gasteiger partial charge on any atom is 0.267 e. The van der Waals surface area contributed by atoms with E-state index in [0.29, 0.717) is 27.8 Å². The van der Waals surface area contributed by atoms with Gasteiger partial charge < -0.3 is 19.5 Å². The number of aryl methyl sites for hydroxylation is 2. The van der Waals surface area contributed by atoms with Crippen molar-refractivity contribution in [3.05, 3.63) is 34.6 Å². The topological polar surface area (TPSA) is 87.5 Å². The van der Waals surface area contributed by atoms with Gasteiger partial charge in [-0.25, -0.2) is 4.98 Å². The molecule has 0 unspecified atom stereocenters. The number of amides is 1. The summed E-state index contributed by atoms with van der Waals surface area (Å²) in [6.45, 7) is 3.91. The Morgan fingerprint density at radius 1 is 1.11 bits per heavy atom. The summed E-state index contributed by atoms with van der Waals surface area (Å²) in [7, 11) is 6.46. The fourth-order valence-electron chi connectivity index (χ4n) is 2.92. The first-order valence-corrected chi connectivity index (χ1v) is 9.29. The number of nitrogens with one attached hydrogen (secondary N) is 1. The third-order valence-corrected chi connectivity index (χ3v) is 5.39. The Kier molecular flexibility index (Phi) is 5.55. The van der Waals surface area contributed by atoms with E-state index in [9.17, 15) is 4.79 Å². The lowest BCUT2D eigenvalue weighted by Crippen LogP contribution is -2.10. The van der Waals surface area contributed by atoms with Gasteiger partial charge >= 0.3 is 0 Å². The number of carbonyl (C=O) groups excluding carboxylic acids is 1. The van der Waals surface area contributed by atoms with Gasteiger partial charge in [0, 0.05) is 30.6 Å². The number of carbonyl (C=O) groups is 1. The molecule has 9 heteroatoms. The minimum atomic E-state index is -0.266. The summed E-state index contributed by atoms with van der Waals surface area (Å²) in [4.78, 5) is 17.6. The highest BCUT2D eigenvalue weighted by molar-refractivity contribution is 7.17. The van der Waals surface area contributed by atoms with Gasteiger partial charge in [0.2, 0.25) is 5.75 Å². The zero-order valence-electron chi connectivity index (χ0n) is 16.6. The van der Waals surface area contributed by atoms with Gasteiger partial charge in [-0.05, 0) is 13.8 Å². The van der Waals surface area contributed by atoms with Crippen molar-refractivity contribution < 1.29 is 19.0 Å². The van der Waals surface area contributed by atoms with E-state index in [-0.39, 0.29) is 5.91 Å². The van der Waals surface area contributed by atoms with Crippen LogP contribution in [0.1, 0.15) is 21.1 Å². The average molecular weight is 402 g/mol. The Bertz CT molecular complexity index is 1000. The van der Waals surface area contributed by atoms with Crippen molar-refractivity contribution in [1.29, 1.82) is 0 Å². The summed E-state index contributed by atoms with van der Waals surface area (Å²) in [6.07, 6.45) is 1.57. The molecule has 1 amide bonds. The van der Waals surface area contributed by atoms with E-state index < -0.39 is 0 Å². The summed E-state index contributed by atoms with van der Waals surface area (Å²) in [5.41, 5.74) is 3.37. The van der Waals surface area contributed by atoms with E-state index in [0.717, 1.165) is 22.0 Å². The molecule has 0 aliphatic carbocycles. The predicted molar refractivity (Wildman–Crippen MR) is 108 cm³/mol. The average Bonchev–Trinajstić information content (AvgIpc) is 3.25. The van der Waals surface area contributed by atoms with Crippen LogP contribution in [0.15, 0.2) is 18.3 Å². The van der Waals surface area contributed by atoms with Crippen LogP contribution in [-0.2, 0) is 7.05 Å². The largest absolute Gasteiger partial charge is 0.493 e. The van der Waals surface area contributed by atoms with Crippen molar-refractivity contribution in [2.24, 2.45) is 7.05 Å². The fourth-order valence-corrected chi connectivity index (χ4v) is 3.88. The molecule has 0 atom stereocenters. The molecule has 0 saturated heterocycles. The number of aromatic nitrogens is 3. The van der Waals surface area contributed by atoms with E-state index in [4.69, 9.17) is 14.2 Å². The normalized spacial score (nSPS) is 10.6. The molecule has 1 N–H and O–H groups in total. The number of benzene rings is 1. The number of thiazole rings is 1. The molecule has 0 radical (unpaired) electrons. The Labute approximate surface area is 167 Å². The van der Waals surface area contributed by atoms with Crippen LogP contribution in [0.25, 0.3) is 10.6 Å². The number of rotatable bonds is 6. The van der Waals surface area contributed by atoms with Crippen LogP contribution in [0.4, 0.5) is 5.69 Å². The monoisotopic (exact) mass is 402 g/mol. The van der Waals surface area contributed by atoms with Crippen LogP contribution in [0, 0.1) is 13.8 Å². The summed E-state index contributed by atoms with van der Waals surface area (Å²) in [5.74, 6) is 1.12. The number of hydrogen-bond donors (Lipinski definition) is 1. The predicted octanol–water partition coefficient (Wildman–Crippen LogP) is 3.44. The maximum absolute atomic E-state index is 12.7. The third-order valence-electron chi connectivity index (χ3n) is 4.37. The molecule has 0 fully saturated rings. The molecule has 3 aromatic rings. The van der Waals surface area contributed by atoms with Gasteiger partial charge in [-0.3, -0.25) is 9.48 Å². The maximum atomic E-state index is 12.7. The summed E-state index contributed by atoms with van der Waals surface area (Å²) >= 11 is 1.32. The highest BCUT2D eigenvalue weighted by Gasteiger charge is 2.19. The van der Waals surface area contributed by atoms with E-state index in [1.807, 2.05) is 25.6 Å². The van der Waals surface area contributed by atoms with Gasteiger partial charge in [0.15, 0.2) is 11.5 Å². The molecule has 148 valence electrons. The molecule has 0 spiro atoms. The smallest absolute Gasteiger partial charge is 0.267 e. The van der Waals surface area contributed by atoms with Gasteiger partial charge in [-0.15, -0.1) is 11.3 Å². The fraction of sp³-hybridized carbons (Fsp3) is 0.316. The Hall–Kier alpha value is -3.07. The van der Waals surface area contributed by atoms with Crippen LogP contribution in [0.5, 0.6) is 17.2 Å².